The van der Waals surface area contributed by atoms with Gasteiger partial charge in [-0.1, -0.05) is 48.0 Å². The van der Waals surface area contributed by atoms with Crippen molar-refractivity contribution in [1.29, 1.82) is 0 Å². The van der Waals surface area contributed by atoms with Crippen LogP contribution < -0.4 is 4.18 Å². The lowest BCUT2D eigenvalue weighted by Gasteiger charge is -2.12. The largest absolute Gasteiger partial charge is 0.379 e. The minimum atomic E-state index is -4.01. The van der Waals surface area contributed by atoms with Crippen molar-refractivity contribution in [1.82, 2.24) is 0 Å². The summed E-state index contributed by atoms with van der Waals surface area (Å²) in [6, 6.07) is 19.6. The van der Waals surface area contributed by atoms with Gasteiger partial charge in [0.25, 0.3) is 0 Å². The Morgan fingerprint density at radius 3 is 2.33 bits per heavy atom. The van der Waals surface area contributed by atoms with Crippen molar-refractivity contribution in [2.75, 3.05) is 0 Å². The molecule has 0 radical (unpaired) electrons. The third-order valence-electron chi connectivity index (χ3n) is 3.78. The second-order valence-corrected chi connectivity index (χ2v) is 8.83. The van der Waals surface area contributed by atoms with E-state index in [9.17, 15) is 13.2 Å². The second-order valence-electron chi connectivity index (χ2n) is 5.68. The molecule has 0 atom stereocenters. The molecule has 0 aliphatic heterocycles. The highest BCUT2D eigenvalue weighted by Crippen LogP contribution is 2.28. The first-order valence-electron chi connectivity index (χ1n) is 7.92. The van der Waals surface area contributed by atoms with E-state index in [0.717, 1.165) is 3.57 Å². The van der Waals surface area contributed by atoms with E-state index in [0.29, 0.717) is 16.1 Å². The van der Waals surface area contributed by atoms with E-state index in [1.807, 2.05) is 12.1 Å². The van der Waals surface area contributed by atoms with E-state index in [1.54, 1.807) is 36.4 Å². The van der Waals surface area contributed by atoms with Gasteiger partial charge in [0.1, 0.15) is 10.6 Å². The topological polar surface area (TPSA) is 60.4 Å². The second kappa shape index (κ2) is 8.41. The number of benzene rings is 3. The molecule has 0 saturated heterocycles. The lowest BCUT2D eigenvalue weighted by Crippen LogP contribution is -2.12. The average molecular weight is 513 g/mol. The molecule has 7 heteroatoms. The van der Waals surface area contributed by atoms with E-state index in [4.69, 9.17) is 15.8 Å². The van der Waals surface area contributed by atoms with Gasteiger partial charge < -0.3 is 4.18 Å². The van der Waals surface area contributed by atoms with Crippen LogP contribution in [-0.4, -0.2) is 14.2 Å². The number of carbonyl (C=O) groups excluding carboxylic acids is 1. The number of carbonyl (C=O) groups is 1. The Morgan fingerprint density at radius 2 is 1.63 bits per heavy atom. The summed E-state index contributed by atoms with van der Waals surface area (Å²) in [5.41, 5.74) is 0.974. The molecule has 0 unspecified atom stereocenters. The Kier molecular flexibility index (Phi) is 6.18. The Bertz CT molecular complexity index is 1080. The third-order valence-corrected chi connectivity index (χ3v) is 6.20. The fourth-order valence-corrected chi connectivity index (χ4v) is 4.35. The van der Waals surface area contributed by atoms with Crippen LogP contribution in [0.2, 0.25) is 5.02 Å². The minimum Gasteiger partial charge on any atom is -0.379 e. The summed E-state index contributed by atoms with van der Waals surface area (Å²) in [6.45, 7) is 0. The molecule has 0 heterocycles. The molecular formula is C20H14ClIO4S. The van der Waals surface area contributed by atoms with Crippen molar-refractivity contribution in [3.05, 3.63) is 92.5 Å². The first-order valence-corrected chi connectivity index (χ1v) is 10.8. The summed E-state index contributed by atoms with van der Waals surface area (Å²) in [6.07, 6.45) is -0.0276. The molecule has 0 saturated carbocycles. The standard InChI is InChI=1S/C20H14ClIO4S/c21-15-10-11-20(26-27(24,25)16-6-2-1-3-7-16)14(12-15)13-19(23)17-8-4-5-9-18(17)22/h1-12H,13H2. The molecule has 3 rings (SSSR count). The van der Waals surface area contributed by atoms with E-state index in [2.05, 4.69) is 22.6 Å². The Balaban J connectivity index is 1.92. The quantitative estimate of drug-likeness (QED) is 0.261. The molecule has 3 aromatic carbocycles. The molecule has 0 spiro atoms. The third kappa shape index (κ3) is 4.88. The number of rotatable bonds is 6. The van der Waals surface area contributed by atoms with Crippen LogP contribution in [0.25, 0.3) is 0 Å². The molecule has 27 heavy (non-hydrogen) atoms. The van der Waals surface area contributed by atoms with Gasteiger partial charge in [0, 0.05) is 26.1 Å². The van der Waals surface area contributed by atoms with Gasteiger partial charge in [-0.2, -0.15) is 8.42 Å². The highest BCUT2D eigenvalue weighted by atomic mass is 127. The first-order chi connectivity index (χ1) is 12.9. The lowest BCUT2D eigenvalue weighted by atomic mass is 10.0. The van der Waals surface area contributed by atoms with Gasteiger partial charge in [-0.3, -0.25) is 4.79 Å². The summed E-state index contributed by atoms with van der Waals surface area (Å²) in [5.74, 6) is -0.0632. The predicted molar refractivity (Wildman–Crippen MR) is 113 cm³/mol. The smallest absolute Gasteiger partial charge is 0.339 e. The maximum Gasteiger partial charge on any atom is 0.339 e. The zero-order valence-corrected chi connectivity index (χ0v) is 17.7. The van der Waals surface area contributed by atoms with E-state index in [1.165, 1.54) is 24.3 Å². The van der Waals surface area contributed by atoms with Gasteiger partial charge in [-0.25, -0.2) is 0 Å². The summed E-state index contributed by atoms with van der Waals surface area (Å²) >= 11 is 8.14. The highest BCUT2D eigenvalue weighted by Gasteiger charge is 2.20. The van der Waals surface area contributed by atoms with Gasteiger partial charge in [0.2, 0.25) is 0 Å². The van der Waals surface area contributed by atoms with Crippen LogP contribution in [0.15, 0.2) is 77.7 Å². The van der Waals surface area contributed by atoms with Crippen LogP contribution in [0.3, 0.4) is 0 Å². The van der Waals surface area contributed by atoms with Crippen LogP contribution in [-0.2, 0) is 16.5 Å². The molecule has 0 aliphatic carbocycles. The Labute approximate surface area is 176 Å². The minimum absolute atomic E-state index is 0.0276. The van der Waals surface area contributed by atoms with Crippen LogP contribution in [0, 0.1) is 3.57 Å². The lowest BCUT2D eigenvalue weighted by molar-refractivity contribution is 0.0991. The number of ketones is 1. The van der Waals surface area contributed by atoms with E-state index >= 15 is 0 Å². The molecule has 0 bridgehead atoms. The van der Waals surface area contributed by atoms with Crippen LogP contribution in [0.4, 0.5) is 0 Å². The number of hydrogen-bond acceptors (Lipinski definition) is 4. The number of Topliss-reactive ketones (excluding diaryl/α,β-unsaturated/α-hetero) is 1. The molecule has 4 nitrogen and oxygen atoms in total. The monoisotopic (exact) mass is 512 g/mol. The molecule has 0 N–H and O–H groups in total. The van der Waals surface area contributed by atoms with Crippen molar-refractivity contribution in [3.63, 3.8) is 0 Å². The van der Waals surface area contributed by atoms with Crippen molar-refractivity contribution < 1.29 is 17.4 Å². The predicted octanol–water partition coefficient (Wildman–Crippen LogP) is 5.14. The van der Waals surface area contributed by atoms with Gasteiger partial charge in [-0.15, -0.1) is 0 Å². The Hall–Kier alpha value is -1.90. The van der Waals surface area contributed by atoms with Crippen molar-refractivity contribution in [2.24, 2.45) is 0 Å². The van der Waals surface area contributed by atoms with Crippen molar-refractivity contribution in [3.8, 4) is 5.75 Å². The molecule has 0 aromatic heterocycles. The zero-order chi connectivity index (χ0) is 19.4. The molecular weight excluding hydrogens is 499 g/mol. The zero-order valence-electron chi connectivity index (χ0n) is 13.9. The average Bonchev–Trinajstić information content (AvgIpc) is 2.65. The summed E-state index contributed by atoms with van der Waals surface area (Å²) in [4.78, 5) is 12.7. The maximum absolute atomic E-state index is 12.7. The van der Waals surface area contributed by atoms with Crippen molar-refractivity contribution in [2.45, 2.75) is 11.3 Å². The molecule has 138 valence electrons. The van der Waals surface area contributed by atoms with Gasteiger partial charge >= 0.3 is 10.1 Å². The number of hydrogen-bond donors (Lipinski definition) is 0. The van der Waals surface area contributed by atoms with Crippen LogP contribution in [0.5, 0.6) is 5.75 Å². The molecule has 0 fully saturated rings. The van der Waals surface area contributed by atoms with Gasteiger partial charge in [-0.05, 0) is 59.0 Å². The summed E-state index contributed by atoms with van der Waals surface area (Å²) in [7, 11) is -4.01. The SMILES string of the molecule is O=C(Cc1cc(Cl)ccc1OS(=O)(=O)c1ccccc1)c1ccccc1I. The highest BCUT2D eigenvalue weighted by molar-refractivity contribution is 14.1. The van der Waals surface area contributed by atoms with E-state index < -0.39 is 10.1 Å². The molecule has 3 aromatic rings. The fourth-order valence-electron chi connectivity index (χ4n) is 2.48. The first kappa shape index (κ1) is 19.9. The van der Waals surface area contributed by atoms with Crippen molar-refractivity contribution >= 4 is 50.1 Å². The van der Waals surface area contributed by atoms with Crippen LogP contribution in [0.1, 0.15) is 15.9 Å². The van der Waals surface area contributed by atoms with Crippen LogP contribution >= 0.6 is 34.2 Å². The molecule has 0 aliphatic rings. The maximum atomic E-state index is 12.7. The number of halogens is 2. The van der Waals surface area contributed by atoms with Gasteiger partial charge in [0.15, 0.2) is 5.78 Å². The summed E-state index contributed by atoms with van der Waals surface area (Å²) in [5, 5.41) is 0.394. The van der Waals surface area contributed by atoms with Gasteiger partial charge in [0.05, 0.1) is 0 Å². The fraction of sp³-hybridized carbons (Fsp3) is 0.0500. The summed E-state index contributed by atoms with van der Waals surface area (Å²) < 4.78 is 31.1. The Morgan fingerprint density at radius 1 is 0.963 bits per heavy atom. The normalized spacial score (nSPS) is 11.2. The van der Waals surface area contributed by atoms with E-state index in [-0.39, 0.29) is 22.8 Å². The molecule has 0 amide bonds.